The van der Waals surface area contributed by atoms with Crippen LogP contribution in [0.3, 0.4) is 0 Å². The summed E-state index contributed by atoms with van der Waals surface area (Å²) in [7, 11) is -2.29. The number of aromatic amines is 1. The van der Waals surface area contributed by atoms with E-state index in [0.717, 1.165) is 0 Å². The van der Waals surface area contributed by atoms with Crippen LogP contribution < -0.4 is 10.0 Å². The largest absolute Gasteiger partial charge is 0.375 e. The van der Waals surface area contributed by atoms with Gasteiger partial charge in [0, 0.05) is 19.0 Å². The number of carbonyl (C=O) groups is 1. The van der Waals surface area contributed by atoms with Gasteiger partial charge < -0.3 is 10.1 Å². The van der Waals surface area contributed by atoms with Crippen LogP contribution in [0.4, 0.5) is 11.4 Å². The van der Waals surface area contributed by atoms with Crippen LogP contribution in [0.25, 0.3) is 0 Å². The number of aromatic nitrogens is 2. The monoisotopic (exact) mass is 310 g/mol. The van der Waals surface area contributed by atoms with Crippen LogP contribution in [0, 0.1) is 0 Å². The molecular weight excluding hydrogens is 296 g/mol. The van der Waals surface area contributed by atoms with Crippen molar-refractivity contribution < 1.29 is 17.9 Å². The molecule has 1 heterocycles. The minimum Gasteiger partial charge on any atom is -0.375 e. The van der Waals surface area contributed by atoms with Crippen molar-refractivity contribution in [3.63, 3.8) is 0 Å². The normalized spacial score (nSPS) is 11.1. The zero-order valence-electron chi connectivity index (χ0n) is 11.2. The molecular formula is C12H14N4O4S. The van der Waals surface area contributed by atoms with E-state index in [1.807, 2.05) is 0 Å². The third kappa shape index (κ3) is 4.04. The molecule has 0 saturated carbocycles. The molecule has 3 N–H and O–H groups in total. The highest BCUT2D eigenvalue weighted by molar-refractivity contribution is 7.92. The first-order valence-electron chi connectivity index (χ1n) is 5.92. The predicted octanol–water partition coefficient (Wildman–Crippen LogP) is 0.795. The highest BCUT2D eigenvalue weighted by atomic mass is 32.2. The lowest BCUT2D eigenvalue weighted by Crippen LogP contribution is -2.17. The molecule has 2 aromatic rings. The van der Waals surface area contributed by atoms with Crippen LogP contribution in [-0.2, 0) is 19.6 Å². The van der Waals surface area contributed by atoms with Crippen molar-refractivity contribution in [2.24, 2.45) is 0 Å². The number of hydrogen-bond acceptors (Lipinski definition) is 5. The number of amides is 1. The number of nitrogens with one attached hydrogen (secondary N) is 3. The van der Waals surface area contributed by atoms with E-state index in [4.69, 9.17) is 4.74 Å². The van der Waals surface area contributed by atoms with Gasteiger partial charge in [-0.15, -0.1) is 0 Å². The van der Waals surface area contributed by atoms with Crippen LogP contribution in [0.15, 0.2) is 41.6 Å². The molecule has 0 radical (unpaired) electrons. The third-order valence-corrected chi connectivity index (χ3v) is 3.81. The molecule has 1 amide bonds. The van der Waals surface area contributed by atoms with E-state index in [2.05, 4.69) is 20.2 Å². The number of ether oxygens (including phenoxy) is 1. The topological polar surface area (TPSA) is 113 Å². The minimum absolute atomic E-state index is 0.0244. The molecule has 112 valence electrons. The molecule has 0 aliphatic heterocycles. The standard InChI is InChI=1S/C12H14N4O4S/c1-20-8-12(17)15-9-3-2-4-10(5-9)16-21(18,19)11-6-13-14-7-11/h2-7,16H,8H2,1H3,(H,13,14)(H,15,17). The number of carbonyl (C=O) groups excluding carboxylic acids is 1. The zero-order chi connectivity index (χ0) is 15.3. The first kappa shape index (κ1) is 15.0. The molecule has 21 heavy (non-hydrogen) atoms. The number of rotatable bonds is 6. The summed E-state index contributed by atoms with van der Waals surface area (Å²) in [6, 6.07) is 6.34. The molecule has 0 unspecified atom stereocenters. The molecule has 1 aromatic heterocycles. The fraction of sp³-hybridized carbons (Fsp3) is 0.167. The number of nitrogens with zero attached hydrogens (tertiary/aromatic N) is 1. The Morgan fingerprint density at radius 2 is 2.14 bits per heavy atom. The summed E-state index contributed by atoms with van der Waals surface area (Å²) >= 11 is 0. The lowest BCUT2D eigenvalue weighted by atomic mass is 10.3. The maximum Gasteiger partial charge on any atom is 0.265 e. The first-order chi connectivity index (χ1) is 10.0. The number of sulfonamides is 1. The van der Waals surface area contributed by atoms with Gasteiger partial charge in [0.25, 0.3) is 10.0 Å². The van der Waals surface area contributed by atoms with Crippen molar-refractivity contribution in [1.29, 1.82) is 0 Å². The highest BCUT2D eigenvalue weighted by Crippen LogP contribution is 2.18. The van der Waals surface area contributed by atoms with E-state index in [9.17, 15) is 13.2 Å². The Morgan fingerprint density at radius 3 is 2.81 bits per heavy atom. The number of benzene rings is 1. The molecule has 0 atom stereocenters. The van der Waals surface area contributed by atoms with Gasteiger partial charge in [-0.05, 0) is 18.2 Å². The Bertz CT molecular complexity index is 713. The van der Waals surface area contributed by atoms with E-state index in [1.165, 1.54) is 25.6 Å². The molecule has 0 aliphatic carbocycles. The fourth-order valence-corrected chi connectivity index (χ4v) is 2.54. The minimum atomic E-state index is -3.71. The van der Waals surface area contributed by atoms with Crippen molar-refractivity contribution in [2.45, 2.75) is 4.90 Å². The van der Waals surface area contributed by atoms with Crippen molar-refractivity contribution in [2.75, 3.05) is 23.8 Å². The van der Waals surface area contributed by atoms with Crippen LogP contribution in [0.5, 0.6) is 0 Å². The smallest absolute Gasteiger partial charge is 0.265 e. The van der Waals surface area contributed by atoms with E-state index in [-0.39, 0.29) is 17.4 Å². The molecule has 1 aromatic carbocycles. The molecule has 0 aliphatic rings. The number of anilines is 2. The number of hydrogen-bond donors (Lipinski definition) is 3. The number of H-pyrrole nitrogens is 1. The average molecular weight is 310 g/mol. The summed E-state index contributed by atoms with van der Waals surface area (Å²) in [4.78, 5) is 11.4. The fourth-order valence-electron chi connectivity index (χ4n) is 1.59. The Balaban J connectivity index is 2.13. The quantitative estimate of drug-likeness (QED) is 0.730. The summed E-state index contributed by atoms with van der Waals surface area (Å²) < 4.78 is 31.1. The maximum absolute atomic E-state index is 12.0. The second-order valence-corrected chi connectivity index (χ2v) is 5.78. The van der Waals surface area contributed by atoms with Crippen molar-refractivity contribution in [1.82, 2.24) is 10.2 Å². The Labute approximate surface area is 121 Å². The predicted molar refractivity (Wildman–Crippen MR) is 76.3 cm³/mol. The van der Waals surface area contributed by atoms with Crippen LogP contribution in [0.1, 0.15) is 0 Å². The van der Waals surface area contributed by atoms with E-state index >= 15 is 0 Å². The molecule has 0 spiro atoms. The van der Waals surface area contributed by atoms with E-state index < -0.39 is 10.0 Å². The average Bonchev–Trinajstić information content (AvgIpc) is 2.93. The molecule has 8 nitrogen and oxygen atoms in total. The summed E-state index contributed by atoms with van der Waals surface area (Å²) in [5, 5.41) is 8.61. The summed E-state index contributed by atoms with van der Waals surface area (Å²) in [5.41, 5.74) is 0.788. The summed E-state index contributed by atoms with van der Waals surface area (Å²) in [6.07, 6.45) is 2.47. The maximum atomic E-state index is 12.0. The van der Waals surface area contributed by atoms with Crippen LogP contribution in [-0.4, -0.2) is 38.2 Å². The summed E-state index contributed by atoms with van der Waals surface area (Å²) in [6.45, 7) is -0.0784. The van der Waals surface area contributed by atoms with Gasteiger partial charge in [0.2, 0.25) is 5.91 Å². The van der Waals surface area contributed by atoms with Gasteiger partial charge in [-0.3, -0.25) is 14.6 Å². The van der Waals surface area contributed by atoms with Gasteiger partial charge >= 0.3 is 0 Å². The Morgan fingerprint density at radius 1 is 1.38 bits per heavy atom. The van der Waals surface area contributed by atoms with Crippen molar-refractivity contribution in [3.8, 4) is 0 Å². The van der Waals surface area contributed by atoms with Gasteiger partial charge in [-0.1, -0.05) is 6.07 Å². The second kappa shape index (κ2) is 6.37. The Hall–Kier alpha value is -2.39. The number of methoxy groups -OCH3 is 1. The molecule has 0 bridgehead atoms. The third-order valence-electron chi connectivity index (χ3n) is 2.46. The molecule has 0 saturated heterocycles. The molecule has 9 heteroatoms. The van der Waals surface area contributed by atoms with E-state index in [1.54, 1.807) is 18.2 Å². The lowest BCUT2D eigenvalue weighted by Gasteiger charge is -2.09. The van der Waals surface area contributed by atoms with Crippen molar-refractivity contribution in [3.05, 3.63) is 36.7 Å². The first-order valence-corrected chi connectivity index (χ1v) is 7.40. The molecule has 2 rings (SSSR count). The summed E-state index contributed by atoms with van der Waals surface area (Å²) in [5.74, 6) is -0.327. The van der Waals surface area contributed by atoms with Crippen molar-refractivity contribution >= 4 is 27.3 Å². The van der Waals surface area contributed by atoms with E-state index in [0.29, 0.717) is 11.4 Å². The van der Waals surface area contributed by atoms with Gasteiger partial charge in [0.1, 0.15) is 11.5 Å². The zero-order valence-corrected chi connectivity index (χ0v) is 12.0. The Kier molecular flexibility index (Phi) is 4.55. The van der Waals surface area contributed by atoms with Crippen LogP contribution in [0.2, 0.25) is 0 Å². The van der Waals surface area contributed by atoms with Gasteiger partial charge in [-0.25, -0.2) is 8.42 Å². The van der Waals surface area contributed by atoms with Gasteiger partial charge in [0.05, 0.1) is 11.9 Å². The SMILES string of the molecule is COCC(=O)Nc1cccc(NS(=O)(=O)c2cn[nH]c2)c1. The highest BCUT2D eigenvalue weighted by Gasteiger charge is 2.15. The second-order valence-electron chi connectivity index (χ2n) is 4.10. The van der Waals surface area contributed by atoms with Gasteiger partial charge in [0.15, 0.2) is 0 Å². The van der Waals surface area contributed by atoms with Crippen LogP contribution >= 0.6 is 0 Å². The van der Waals surface area contributed by atoms with Gasteiger partial charge in [-0.2, -0.15) is 5.10 Å². The molecule has 0 fully saturated rings. The lowest BCUT2D eigenvalue weighted by molar-refractivity contribution is -0.119.